The van der Waals surface area contributed by atoms with Gasteiger partial charge in [-0.1, -0.05) is 23.4 Å². The lowest BCUT2D eigenvalue weighted by molar-refractivity contribution is 0.0893. The minimum atomic E-state index is -0.607. The number of likely N-dealkylation sites (N-methyl/N-ethyl adjacent to an activating group) is 1. The van der Waals surface area contributed by atoms with Crippen molar-refractivity contribution in [3.8, 4) is 5.75 Å². The third-order valence-corrected chi connectivity index (χ3v) is 6.33. The summed E-state index contributed by atoms with van der Waals surface area (Å²) in [6, 6.07) is 16.4. The minimum Gasteiger partial charge on any atom is -0.492 e. The molecule has 7 nitrogen and oxygen atoms in total. The lowest BCUT2D eigenvalue weighted by atomic mass is 9.84. The predicted octanol–water partition coefficient (Wildman–Crippen LogP) is 4.56. The first-order valence-electron chi connectivity index (χ1n) is 12.0. The summed E-state index contributed by atoms with van der Waals surface area (Å²) in [5, 5.41) is 4.12. The Hall–Kier alpha value is -3.84. The van der Waals surface area contributed by atoms with Gasteiger partial charge in [-0.3, -0.25) is 14.6 Å². The van der Waals surface area contributed by atoms with Gasteiger partial charge in [-0.15, -0.1) is 0 Å². The molecule has 0 N–H and O–H groups in total. The van der Waals surface area contributed by atoms with Crippen molar-refractivity contribution < 1.29 is 19.2 Å². The summed E-state index contributed by atoms with van der Waals surface area (Å²) in [5.74, 6) is -0.0860. The number of hydrogen-bond acceptors (Lipinski definition) is 7. The Morgan fingerprint density at radius 2 is 1.75 bits per heavy atom. The summed E-state index contributed by atoms with van der Waals surface area (Å²) in [6.45, 7) is 1.37. The van der Waals surface area contributed by atoms with Crippen LogP contribution in [-0.4, -0.2) is 61.5 Å². The van der Waals surface area contributed by atoms with Gasteiger partial charge in [-0.2, -0.15) is 0 Å². The van der Waals surface area contributed by atoms with Crippen LogP contribution in [0.3, 0.4) is 0 Å². The zero-order valence-corrected chi connectivity index (χ0v) is 20.9. The van der Waals surface area contributed by atoms with E-state index < -0.39 is 5.92 Å². The van der Waals surface area contributed by atoms with Crippen LogP contribution in [0.2, 0.25) is 0 Å². The second-order valence-electron chi connectivity index (χ2n) is 9.09. The third kappa shape index (κ3) is 6.04. The summed E-state index contributed by atoms with van der Waals surface area (Å²) < 4.78 is 5.74. The third-order valence-electron chi connectivity index (χ3n) is 6.33. The number of carbonyl (C=O) groups is 2. The molecule has 1 aromatic heterocycles. The molecule has 1 atom stereocenters. The van der Waals surface area contributed by atoms with E-state index in [2.05, 4.69) is 10.1 Å². The lowest BCUT2D eigenvalue weighted by Crippen LogP contribution is -2.19. The van der Waals surface area contributed by atoms with Gasteiger partial charge in [0.1, 0.15) is 19.5 Å². The number of carbonyl (C=O) groups excluding carboxylic acids is 2. The van der Waals surface area contributed by atoms with Crippen molar-refractivity contribution in [3.63, 3.8) is 0 Å². The predicted molar refractivity (Wildman–Crippen MR) is 139 cm³/mol. The first-order chi connectivity index (χ1) is 17.5. The number of nitrogens with zero attached hydrogens (tertiary/aromatic N) is 3. The standard InChI is InChI=1S/C29H31N3O4/c1-32(2)16-17-36-24-8-4-20(5-9-24)28(33)19-26(29(34)21-12-14-30-15-13-21)23-6-10-25-22(18-23)7-11-27(25)31-35-3/h4-6,8-10,12-15,18,26H,7,11,16-17,19H2,1-3H3/b31-27-. The Balaban J connectivity index is 1.57. The van der Waals surface area contributed by atoms with Crippen molar-refractivity contribution in [1.82, 2.24) is 9.88 Å². The van der Waals surface area contributed by atoms with Crippen LogP contribution in [0.4, 0.5) is 0 Å². The molecule has 2 aromatic carbocycles. The maximum atomic E-state index is 13.6. The zero-order chi connectivity index (χ0) is 25.5. The van der Waals surface area contributed by atoms with Gasteiger partial charge in [-0.25, -0.2) is 0 Å². The molecular formula is C29H31N3O4. The molecular weight excluding hydrogens is 454 g/mol. The van der Waals surface area contributed by atoms with E-state index >= 15 is 0 Å². The van der Waals surface area contributed by atoms with E-state index in [1.807, 2.05) is 37.2 Å². The number of rotatable bonds is 11. The number of aromatic nitrogens is 1. The first-order valence-corrected chi connectivity index (χ1v) is 12.0. The summed E-state index contributed by atoms with van der Waals surface area (Å²) in [7, 11) is 5.51. The molecule has 0 amide bonds. The molecule has 0 saturated heterocycles. The lowest BCUT2D eigenvalue weighted by Gasteiger charge is -2.17. The van der Waals surface area contributed by atoms with E-state index in [1.54, 1.807) is 48.8 Å². The molecule has 36 heavy (non-hydrogen) atoms. The average Bonchev–Trinajstić information content (AvgIpc) is 3.29. The van der Waals surface area contributed by atoms with Gasteiger partial charge in [0.15, 0.2) is 11.6 Å². The van der Waals surface area contributed by atoms with E-state index in [0.29, 0.717) is 23.5 Å². The van der Waals surface area contributed by atoms with Gasteiger partial charge >= 0.3 is 0 Å². The van der Waals surface area contributed by atoms with Crippen molar-refractivity contribution in [2.45, 2.75) is 25.2 Å². The minimum absolute atomic E-state index is 0.0692. The summed E-state index contributed by atoms with van der Waals surface area (Å²) in [4.78, 5) is 37.9. The second-order valence-corrected chi connectivity index (χ2v) is 9.09. The molecule has 1 aliphatic carbocycles. The molecule has 0 radical (unpaired) electrons. The molecule has 0 fully saturated rings. The van der Waals surface area contributed by atoms with Gasteiger partial charge in [0.2, 0.25) is 0 Å². The van der Waals surface area contributed by atoms with E-state index in [4.69, 9.17) is 9.57 Å². The fraction of sp³-hybridized carbons (Fsp3) is 0.310. The van der Waals surface area contributed by atoms with Gasteiger partial charge < -0.3 is 14.5 Å². The molecule has 1 heterocycles. The van der Waals surface area contributed by atoms with Crippen molar-refractivity contribution in [2.24, 2.45) is 5.16 Å². The number of Topliss-reactive ketones (excluding diaryl/α,β-unsaturated/α-hetero) is 2. The maximum absolute atomic E-state index is 13.6. The molecule has 3 aromatic rings. The summed E-state index contributed by atoms with van der Waals surface area (Å²) in [6.07, 6.45) is 4.87. The van der Waals surface area contributed by atoms with Gasteiger partial charge in [0, 0.05) is 42.0 Å². The van der Waals surface area contributed by atoms with Crippen LogP contribution < -0.4 is 4.74 Å². The number of oxime groups is 1. The Bertz CT molecular complexity index is 1240. The van der Waals surface area contributed by atoms with Crippen LogP contribution in [0, 0.1) is 0 Å². The fourth-order valence-corrected chi connectivity index (χ4v) is 4.38. The van der Waals surface area contributed by atoms with Crippen LogP contribution in [0.1, 0.15) is 56.2 Å². The quantitative estimate of drug-likeness (QED) is 0.293. The number of aryl methyl sites for hydroxylation is 1. The Labute approximate surface area is 211 Å². The number of pyridine rings is 1. The highest BCUT2D eigenvalue weighted by Crippen LogP contribution is 2.31. The molecule has 4 rings (SSSR count). The van der Waals surface area contributed by atoms with Crippen LogP contribution in [-0.2, 0) is 11.3 Å². The second kappa shape index (κ2) is 11.7. The van der Waals surface area contributed by atoms with Crippen molar-refractivity contribution in [2.75, 3.05) is 34.4 Å². The number of hydrogen-bond donors (Lipinski definition) is 0. The highest BCUT2D eigenvalue weighted by atomic mass is 16.6. The Kier molecular flexibility index (Phi) is 8.23. The smallest absolute Gasteiger partial charge is 0.170 e. The largest absolute Gasteiger partial charge is 0.492 e. The van der Waals surface area contributed by atoms with Crippen molar-refractivity contribution >= 4 is 17.3 Å². The molecule has 7 heteroatoms. The number of benzene rings is 2. The van der Waals surface area contributed by atoms with Gasteiger partial charge in [0.05, 0.1) is 11.6 Å². The Morgan fingerprint density at radius 1 is 1.00 bits per heavy atom. The molecule has 1 unspecified atom stereocenters. The molecule has 0 aliphatic heterocycles. The van der Waals surface area contributed by atoms with E-state index in [9.17, 15) is 9.59 Å². The first kappa shape index (κ1) is 25.3. The highest BCUT2D eigenvalue weighted by Gasteiger charge is 2.28. The van der Waals surface area contributed by atoms with Gasteiger partial charge in [0.25, 0.3) is 0 Å². The van der Waals surface area contributed by atoms with Crippen LogP contribution in [0.15, 0.2) is 72.1 Å². The molecule has 0 bridgehead atoms. The highest BCUT2D eigenvalue weighted by molar-refractivity contribution is 6.07. The Morgan fingerprint density at radius 3 is 2.44 bits per heavy atom. The number of ketones is 2. The SMILES string of the molecule is CO/N=C1/CCc2cc(C(CC(=O)c3ccc(OCCN(C)C)cc3)C(=O)c3ccncc3)ccc21. The molecule has 0 saturated carbocycles. The van der Waals surface area contributed by atoms with Crippen molar-refractivity contribution in [3.05, 3.63) is 94.8 Å². The van der Waals surface area contributed by atoms with Crippen LogP contribution >= 0.6 is 0 Å². The van der Waals surface area contributed by atoms with E-state index in [0.717, 1.165) is 41.8 Å². The number of ether oxygens (including phenoxy) is 1. The number of fused-ring (bicyclic) bond motifs is 1. The zero-order valence-electron chi connectivity index (χ0n) is 20.9. The fourth-order valence-electron chi connectivity index (χ4n) is 4.38. The van der Waals surface area contributed by atoms with Crippen LogP contribution in [0.25, 0.3) is 0 Å². The monoisotopic (exact) mass is 485 g/mol. The molecule has 186 valence electrons. The van der Waals surface area contributed by atoms with Crippen molar-refractivity contribution in [1.29, 1.82) is 0 Å². The van der Waals surface area contributed by atoms with Crippen LogP contribution in [0.5, 0.6) is 5.75 Å². The molecule has 1 aliphatic rings. The summed E-state index contributed by atoms with van der Waals surface area (Å²) >= 11 is 0. The topological polar surface area (TPSA) is 81.1 Å². The average molecular weight is 486 g/mol. The molecule has 0 spiro atoms. The van der Waals surface area contributed by atoms with E-state index in [-0.39, 0.29) is 18.0 Å². The van der Waals surface area contributed by atoms with E-state index in [1.165, 1.54) is 7.11 Å². The maximum Gasteiger partial charge on any atom is 0.170 e. The summed E-state index contributed by atoms with van der Waals surface area (Å²) in [5.41, 5.74) is 4.97. The van der Waals surface area contributed by atoms with Gasteiger partial charge in [-0.05, 0) is 74.5 Å². The normalized spacial score (nSPS) is 14.5.